The van der Waals surface area contributed by atoms with Gasteiger partial charge in [-0.3, -0.25) is 9.78 Å². The van der Waals surface area contributed by atoms with Crippen LogP contribution in [0.15, 0.2) is 42.5 Å². The molecule has 0 saturated heterocycles. The van der Waals surface area contributed by atoms with E-state index in [1.165, 1.54) is 6.07 Å². The third kappa shape index (κ3) is 3.14. The molecule has 0 aliphatic carbocycles. The second-order valence-corrected chi connectivity index (χ2v) is 4.13. The Morgan fingerprint density at radius 3 is 2.30 bits per heavy atom. The van der Waals surface area contributed by atoms with Crippen molar-refractivity contribution < 1.29 is 23.1 Å². The van der Waals surface area contributed by atoms with E-state index in [1.54, 1.807) is 30.3 Å². The molecule has 0 atom stereocenters. The number of hydrogen-bond donors (Lipinski definition) is 1. The summed E-state index contributed by atoms with van der Waals surface area (Å²) in [5, 5.41) is 8.71. The molecule has 0 spiro atoms. The SMILES string of the molecule is O=C(O)Cc1nc(-c2ccccc2)ccc1C(F)(F)F. The number of aliphatic carboxylic acids is 1. The number of nitrogens with zero attached hydrogens (tertiary/aromatic N) is 1. The normalized spacial score (nSPS) is 11.3. The summed E-state index contributed by atoms with van der Waals surface area (Å²) in [6.45, 7) is 0. The number of alkyl halides is 3. The molecule has 1 aromatic carbocycles. The van der Waals surface area contributed by atoms with E-state index in [1.807, 2.05) is 0 Å². The zero-order valence-corrected chi connectivity index (χ0v) is 10.2. The molecule has 1 aromatic heterocycles. The molecule has 0 unspecified atom stereocenters. The van der Waals surface area contributed by atoms with Crippen molar-refractivity contribution in [3.05, 3.63) is 53.7 Å². The zero-order valence-electron chi connectivity index (χ0n) is 10.2. The van der Waals surface area contributed by atoms with E-state index in [0.717, 1.165) is 6.07 Å². The van der Waals surface area contributed by atoms with Gasteiger partial charge in [-0.1, -0.05) is 30.3 Å². The Balaban J connectivity index is 2.51. The number of carboxylic acids is 1. The van der Waals surface area contributed by atoms with E-state index in [9.17, 15) is 18.0 Å². The number of carboxylic acid groups (broad SMARTS) is 1. The maximum absolute atomic E-state index is 12.8. The number of carbonyl (C=O) groups is 1. The van der Waals surface area contributed by atoms with Gasteiger partial charge in [-0.05, 0) is 12.1 Å². The molecule has 20 heavy (non-hydrogen) atoms. The lowest BCUT2D eigenvalue weighted by Crippen LogP contribution is -2.14. The molecule has 0 radical (unpaired) electrons. The van der Waals surface area contributed by atoms with Gasteiger partial charge in [0.05, 0.1) is 23.4 Å². The second kappa shape index (κ2) is 5.32. The molecule has 1 N–H and O–H groups in total. The lowest BCUT2D eigenvalue weighted by molar-refractivity contribution is -0.140. The largest absolute Gasteiger partial charge is 0.481 e. The summed E-state index contributed by atoms with van der Waals surface area (Å²) < 4.78 is 38.4. The summed E-state index contributed by atoms with van der Waals surface area (Å²) in [6.07, 6.45) is -5.39. The monoisotopic (exact) mass is 281 g/mol. The molecular weight excluding hydrogens is 271 g/mol. The lowest BCUT2D eigenvalue weighted by Gasteiger charge is -2.12. The number of halogens is 3. The lowest BCUT2D eigenvalue weighted by atomic mass is 10.1. The molecule has 0 aliphatic heterocycles. The first-order valence-electron chi connectivity index (χ1n) is 5.72. The highest BCUT2D eigenvalue weighted by Crippen LogP contribution is 2.33. The minimum absolute atomic E-state index is 0.315. The second-order valence-electron chi connectivity index (χ2n) is 4.13. The smallest absolute Gasteiger partial charge is 0.418 e. The Kier molecular flexibility index (Phi) is 3.74. The van der Waals surface area contributed by atoms with Crippen LogP contribution < -0.4 is 0 Å². The van der Waals surface area contributed by atoms with E-state index in [-0.39, 0.29) is 0 Å². The fourth-order valence-corrected chi connectivity index (χ4v) is 1.81. The van der Waals surface area contributed by atoms with Crippen molar-refractivity contribution >= 4 is 5.97 Å². The molecular formula is C14H10F3NO2. The van der Waals surface area contributed by atoms with Crippen molar-refractivity contribution in [1.29, 1.82) is 0 Å². The van der Waals surface area contributed by atoms with Crippen LogP contribution >= 0.6 is 0 Å². The quantitative estimate of drug-likeness (QED) is 0.938. The van der Waals surface area contributed by atoms with Gasteiger partial charge in [0.25, 0.3) is 0 Å². The maximum Gasteiger partial charge on any atom is 0.418 e. The zero-order chi connectivity index (χ0) is 14.8. The van der Waals surface area contributed by atoms with Crippen molar-refractivity contribution in [2.75, 3.05) is 0 Å². The van der Waals surface area contributed by atoms with Gasteiger partial charge in [-0.15, -0.1) is 0 Å². The van der Waals surface area contributed by atoms with Gasteiger partial charge >= 0.3 is 12.1 Å². The molecule has 2 aromatic rings. The highest BCUT2D eigenvalue weighted by atomic mass is 19.4. The summed E-state index contributed by atoms with van der Waals surface area (Å²) in [7, 11) is 0. The first kappa shape index (κ1) is 14.0. The van der Waals surface area contributed by atoms with Gasteiger partial charge in [0, 0.05) is 5.56 Å². The molecule has 3 nitrogen and oxygen atoms in total. The van der Waals surface area contributed by atoms with Crippen LogP contribution in [0.4, 0.5) is 13.2 Å². The Labute approximate surface area is 112 Å². The first-order chi connectivity index (χ1) is 9.38. The molecule has 104 valence electrons. The van der Waals surface area contributed by atoms with Crippen molar-refractivity contribution in [3.8, 4) is 11.3 Å². The van der Waals surface area contributed by atoms with Crippen LogP contribution in [-0.4, -0.2) is 16.1 Å². The molecule has 1 heterocycles. The fourth-order valence-electron chi connectivity index (χ4n) is 1.81. The summed E-state index contributed by atoms with van der Waals surface area (Å²) in [6, 6.07) is 10.7. The number of aromatic nitrogens is 1. The maximum atomic E-state index is 12.8. The summed E-state index contributed by atoms with van der Waals surface area (Å²) in [4.78, 5) is 14.5. The van der Waals surface area contributed by atoms with Crippen molar-refractivity contribution in [2.45, 2.75) is 12.6 Å². The van der Waals surface area contributed by atoms with Gasteiger partial charge in [0.15, 0.2) is 0 Å². The first-order valence-corrected chi connectivity index (χ1v) is 5.72. The summed E-state index contributed by atoms with van der Waals surface area (Å²) in [5.74, 6) is -1.35. The van der Waals surface area contributed by atoms with E-state index >= 15 is 0 Å². The molecule has 6 heteroatoms. The van der Waals surface area contributed by atoms with Crippen molar-refractivity contribution in [1.82, 2.24) is 4.98 Å². The topological polar surface area (TPSA) is 50.2 Å². The average molecular weight is 281 g/mol. The molecule has 0 bridgehead atoms. The molecule has 0 saturated carbocycles. The molecule has 0 fully saturated rings. The highest BCUT2D eigenvalue weighted by molar-refractivity contribution is 5.71. The van der Waals surface area contributed by atoms with Crippen LogP contribution in [0.2, 0.25) is 0 Å². The van der Waals surface area contributed by atoms with Crippen LogP contribution in [0, 0.1) is 0 Å². The third-order valence-corrected chi connectivity index (χ3v) is 2.67. The number of rotatable bonds is 3. The summed E-state index contributed by atoms with van der Waals surface area (Å²) in [5.41, 5.74) is -0.548. The molecule has 2 rings (SSSR count). The van der Waals surface area contributed by atoms with Gasteiger partial charge in [0.1, 0.15) is 0 Å². The van der Waals surface area contributed by atoms with E-state index in [4.69, 9.17) is 5.11 Å². The van der Waals surface area contributed by atoms with Crippen LogP contribution in [0.25, 0.3) is 11.3 Å². The predicted molar refractivity (Wildman–Crippen MR) is 66.0 cm³/mol. The molecule has 0 amide bonds. The number of benzene rings is 1. The standard InChI is InChI=1S/C14H10F3NO2/c15-14(16,17)10-6-7-11(9-4-2-1-3-5-9)18-12(10)8-13(19)20/h1-7H,8H2,(H,19,20). The van der Waals surface area contributed by atoms with Crippen LogP contribution in [0.3, 0.4) is 0 Å². The predicted octanol–water partition coefficient (Wildman–Crippen LogP) is 3.39. The average Bonchev–Trinajstić information content (AvgIpc) is 2.37. The van der Waals surface area contributed by atoms with Gasteiger partial charge in [-0.25, -0.2) is 0 Å². The molecule has 0 aliphatic rings. The van der Waals surface area contributed by atoms with Crippen LogP contribution in [-0.2, 0) is 17.4 Å². The van der Waals surface area contributed by atoms with Gasteiger partial charge < -0.3 is 5.11 Å². The number of pyridine rings is 1. The Hall–Kier alpha value is -2.37. The highest BCUT2D eigenvalue weighted by Gasteiger charge is 2.34. The minimum Gasteiger partial charge on any atom is -0.481 e. The Morgan fingerprint density at radius 1 is 1.10 bits per heavy atom. The van der Waals surface area contributed by atoms with Crippen molar-refractivity contribution in [2.24, 2.45) is 0 Å². The van der Waals surface area contributed by atoms with Gasteiger partial charge in [-0.2, -0.15) is 13.2 Å². The van der Waals surface area contributed by atoms with Gasteiger partial charge in [0.2, 0.25) is 0 Å². The Bertz CT molecular complexity index is 624. The van der Waals surface area contributed by atoms with E-state index in [2.05, 4.69) is 4.98 Å². The minimum atomic E-state index is -4.62. The van der Waals surface area contributed by atoms with E-state index in [0.29, 0.717) is 11.3 Å². The summed E-state index contributed by atoms with van der Waals surface area (Å²) >= 11 is 0. The number of hydrogen-bond acceptors (Lipinski definition) is 2. The third-order valence-electron chi connectivity index (χ3n) is 2.67. The van der Waals surface area contributed by atoms with E-state index < -0.39 is 29.8 Å². The van der Waals surface area contributed by atoms with Crippen LogP contribution in [0.5, 0.6) is 0 Å². The fraction of sp³-hybridized carbons (Fsp3) is 0.143. The van der Waals surface area contributed by atoms with Crippen LogP contribution in [0.1, 0.15) is 11.3 Å². The Morgan fingerprint density at radius 2 is 1.75 bits per heavy atom. The van der Waals surface area contributed by atoms with Crippen molar-refractivity contribution in [3.63, 3.8) is 0 Å².